The Morgan fingerprint density at radius 2 is 1.14 bits per heavy atom. The summed E-state index contributed by atoms with van der Waals surface area (Å²) in [5.41, 5.74) is 1.39. The molecule has 0 N–H and O–H groups in total. The summed E-state index contributed by atoms with van der Waals surface area (Å²) in [5.74, 6) is 0.871. The quantitative estimate of drug-likeness (QED) is 0.726. The third-order valence-electron chi connectivity index (χ3n) is 4.71. The van der Waals surface area contributed by atoms with Crippen molar-refractivity contribution in [3.8, 4) is 0 Å². The van der Waals surface area contributed by atoms with E-state index in [2.05, 4.69) is 0 Å². The second-order valence-electron chi connectivity index (χ2n) is 6.82. The molecule has 0 spiro atoms. The van der Waals surface area contributed by atoms with Gasteiger partial charge in [-0.3, -0.25) is 0 Å². The average molecular weight is 342 g/mol. The summed E-state index contributed by atoms with van der Waals surface area (Å²) < 4.78 is 49.5. The first-order chi connectivity index (χ1) is 10.3. The van der Waals surface area contributed by atoms with E-state index in [9.17, 15) is 16.8 Å². The van der Waals surface area contributed by atoms with E-state index < -0.39 is 19.7 Å². The number of benzene rings is 1. The van der Waals surface area contributed by atoms with Gasteiger partial charge in [0, 0.05) is 0 Å². The van der Waals surface area contributed by atoms with Crippen LogP contribution in [0.5, 0.6) is 0 Å². The predicted molar refractivity (Wildman–Crippen MR) is 86.9 cm³/mol. The lowest BCUT2D eigenvalue weighted by Crippen LogP contribution is -2.26. The second-order valence-corrected chi connectivity index (χ2v) is 11.0. The molecule has 0 atom stereocenters. The van der Waals surface area contributed by atoms with Crippen molar-refractivity contribution in [2.24, 2.45) is 11.8 Å². The van der Waals surface area contributed by atoms with E-state index in [-0.39, 0.29) is 34.8 Å². The van der Waals surface area contributed by atoms with Crippen LogP contribution in [0.4, 0.5) is 0 Å². The molecule has 4 rings (SSSR count). The van der Waals surface area contributed by atoms with Gasteiger partial charge in [-0.05, 0) is 48.6 Å². The van der Waals surface area contributed by atoms with Gasteiger partial charge in [0.25, 0.3) is 0 Å². The van der Waals surface area contributed by atoms with Gasteiger partial charge in [0.1, 0.15) is 0 Å². The molecule has 1 aromatic carbocycles. The number of rotatable bonds is 0. The number of sulfone groups is 2. The Morgan fingerprint density at radius 3 is 1.55 bits per heavy atom. The molecule has 0 unspecified atom stereocenters. The van der Waals surface area contributed by atoms with Crippen LogP contribution in [0.15, 0.2) is 24.3 Å². The van der Waals surface area contributed by atoms with Crippen molar-refractivity contribution in [1.29, 1.82) is 0 Å². The van der Waals surface area contributed by atoms with E-state index in [4.69, 9.17) is 0 Å². The second kappa shape index (κ2) is 5.96. The molecule has 2 aliphatic heterocycles. The van der Waals surface area contributed by atoms with Crippen molar-refractivity contribution < 1.29 is 16.8 Å². The highest BCUT2D eigenvalue weighted by atomic mass is 32.2. The summed E-state index contributed by atoms with van der Waals surface area (Å²) in [4.78, 5) is 0. The zero-order chi connectivity index (χ0) is 15.8. The largest absolute Gasteiger partial charge is 0.228 e. The van der Waals surface area contributed by atoms with Crippen LogP contribution >= 0.6 is 0 Å². The molecule has 2 heterocycles. The van der Waals surface area contributed by atoms with E-state index in [0.717, 1.165) is 25.7 Å². The molecule has 0 amide bonds. The fraction of sp³-hybridized carbons (Fsp3) is 0.625. The van der Waals surface area contributed by atoms with E-state index in [0.29, 0.717) is 11.1 Å². The van der Waals surface area contributed by atoms with Gasteiger partial charge < -0.3 is 0 Å². The molecule has 1 aromatic rings. The van der Waals surface area contributed by atoms with Crippen LogP contribution < -0.4 is 0 Å². The minimum Gasteiger partial charge on any atom is -0.228 e. The zero-order valence-electron chi connectivity index (χ0n) is 12.6. The van der Waals surface area contributed by atoms with Crippen molar-refractivity contribution >= 4 is 19.7 Å². The fourth-order valence-electron chi connectivity index (χ4n) is 3.72. The third-order valence-corrected chi connectivity index (χ3v) is 8.22. The Bertz CT molecular complexity index is 681. The van der Waals surface area contributed by atoms with Crippen molar-refractivity contribution in [1.82, 2.24) is 0 Å². The molecule has 0 aromatic heterocycles. The SMILES string of the molecule is O=S1(=O)Cc2cccc(c2)CS(=O)(=O)CC2CCC(CC2)C1. The van der Waals surface area contributed by atoms with Crippen LogP contribution in [0, 0.1) is 11.8 Å². The minimum absolute atomic E-state index is 0.0147. The van der Waals surface area contributed by atoms with Gasteiger partial charge in [-0.2, -0.15) is 0 Å². The van der Waals surface area contributed by atoms with Gasteiger partial charge in [-0.25, -0.2) is 16.8 Å². The van der Waals surface area contributed by atoms with Gasteiger partial charge >= 0.3 is 0 Å². The van der Waals surface area contributed by atoms with Gasteiger partial charge in [-0.1, -0.05) is 24.3 Å². The van der Waals surface area contributed by atoms with Gasteiger partial charge in [0.05, 0.1) is 23.0 Å². The van der Waals surface area contributed by atoms with E-state index in [1.165, 1.54) is 0 Å². The maximum atomic E-state index is 12.4. The highest BCUT2D eigenvalue weighted by Crippen LogP contribution is 2.32. The summed E-state index contributed by atoms with van der Waals surface area (Å²) in [6, 6.07) is 7.02. The molecular weight excluding hydrogens is 320 g/mol. The first-order valence-corrected chi connectivity index (χ1v) is 11.4. The highest BCUT2D eigenvalue weighted by molar-refractivity contribution is 7.90. The van der Waals surface area contributed by atoms with Gasteiger partial charge in [0.2, 0.25) is 0 Å². The smallest absolute Gasteiger partial charge is 0.154 e. The fourth-order valence-corrected chi connectivity index (χ4v) is 7.43. The molecule has 1 saturated carbocycles. The first kappa shape index (κ1) is 16.0. The number of hydrogen-bond acceptors (Lipinski definition) is 4. The predicted octanol–water partition coefficient (Wildman–Crippen LogP) is 2.34. The lowest BCUT2D eigenvalue weighted by atomic mass is 9.84. The van der Waals surface area contributed by atoms with Crippen LogP contribution in [-0.4, -0.2) is 28.3 Å². The molecule has 4 bridgehead atoms. The molecular formula is C16H22O4S2. The molecule has 22 heavy (non-hydrogen) atoms. The molecule has 1 fully saturated rings. The molecule has 122 valence electrons. The van der Waals surface area contributed by atoms with Crippen molar-refractivity contribution in [2.45, 2.75) is 37.2 Å². The molecule has 4 nitrogen and oxygen atoms in total. The van der Waals surface area contributed by atoms with E-state index in [1.54, 1.807) is 24.3 Å². The molecule has 3 aliphatic rings. The van der Waals surface area contributed by atoms with E-state index in [1.807, 2.05) is 0 Å². The highest BCUT2D eigenvalue weighted by Gasteiger charge is 2.29. The van der Waals surface area contributed by atoms with Crippen LogP contribution in [0.25, 0.3) is 0 Å². The first-order valence-electron chi connectivity index (χ1n) is 7.80. The number of fused-ring (bicyclic) bond motifs is 6. The summed E-state index contributed by atoms with van der Waals surface area (Å²) in [6.07, 6.45) is 3.32. The van der Waals surface area contributed by atoms with Gasteiger partial charge in [-0.15, -0.1) is 0 Å². The monoisotopic (exact) mass is 342 g/mol. The summed E-state index contributed by atoms with van der Waals surface area (Å²) >= 11 is 0. The summed E-state index contributed by atoms with van der Waals surface area (Å²) in [6.45, 7) is 0. The Labute approximate surface area is 132 Å². The lowest BCUT2D eigenvalue weighted by molar-refractivity contribution is 0.309. The Morgan fingerprint density at radius 1 is 0.727 bits per heavy atom. The summed E-state index contributed by atoms with van der Waals surface area (Å²) in [5, 5.41) is 0. The minimum atomic E-state index is -3.13. The zero-order valence-corrected chi connectivity index (χ0v) is 14.2. The maximum absolute atomic E-state index is 12.4. The summed E-state index contributed by atoms with van der Waals surface area (Å²) in [7, 11) is -6.27. The van der Waals surface area contributed by atoms with Crippen molar-refractivity contribution in [3.05, 3.63) is 35.4 Å². The molecule has 0 radical (unpaired) electrons. The molecule has 1 aliphatic carbocycles. The van der Waals surface area contributed by atoms with Crippen molar-refractivity contribution in [3.63, 3.8) is 0 Å². The topological polar surface area (TPSA) is 68.3 Å². The maximum Gasteiger partial charge on any atom is 0.154 e. The van der Waals surface area contributed by atoms with Crippen LogP contribution in [-0.2, 0) is 31.2 Å². The van der Waals surface area contributed by atoms with E-state index >= 15 is 0 Å². The molecule has 0 saturated heterocycles. The average Bonchev–Trinajstić information content (AvgIpc) is 2.39. The number of hydrogen-bond donors (Lipinski definition) is 0. The Kier molecular flexibility index (Phi) is 4.34. The Balaban J connectivity index is 1.96. The van der Waals surface area contributed by atoms with Crippen LogP contribution in [0.1, 0.15) is 36.8 Å². The van der Waals surface area contributed by atoms with Crippen molar-refractivity contribution in [2.75, 3.05) is 11.5 Å². The normalized spacial score (nSPS) is 30.7. The third kappa shape index (κ3) is 4.10. The van der Waals surface area contributed by atoms with Crippen LogP contribution in [0.2, 0.25) is 0 Å². The lowest BCUT2D eigenvalue weighted by Gasteiger charge is -2.28. The standard InChI is InChI=1S/C16H22O4S2/c17-21(18)9-13-4-6-14(7-5-13)10-22(19,20)12-16-3-1-2-15(8-16)11-21/h1-3,8,13-14H,4-7,9-12H2. The Hall–Kier alpha value is -0.880. The van der Waals surface area contributed by atoms with Gasteiger partial charge in [0.15, 0.2) is 19.7 Å². The van der Waals surface area contributed by atoms with Crippen LogP contribution in [0.3, 0.4) is 0 Å². The molecule has 6 heteroatoms.